The molecule has 0 aliphatic rings. The predicted molar refractivity (Wildman–Crippen MR) is 80.7 cm³/mol. The molecule has 1 rings (SSSR count). The molecule has 2 atom stereocenters. The van der Waals surface area contributed by atoms with Gasteiger partial charge in [0.15, 0.2) is 0 Å². The highest BCUT2D eigenvalue weighted by Crippen LogP contribution is 2.33. The second kappa shape index (κ2) is 6.88. The monoisotopic (exact) mass is 318 g/mol. The number of hydrogen-bond donors (Lipinski definition) is 1. The van der Waals surface area contributed by atoms with Crippen molar-refractivity contribution in [1.29, 1.82) is 0 Å². The Morgan fingerprint density at radius 3 is 2.59 bits per heavy atom. The second-order valence-electron chi connectivity index (χ2n) is 4.61. The summed E-state index contributed by atoms with van der Waals surface area (Å²) in [5.74, 6) is 0. The van der Waals surface area contributed by atoms with Gasteiger partial charge in [0.2, 0.25) is 0 Å². The van der Waals surface area contributed by atoms with Crippen molar-refractivity contribution in [2.24, 2.45) is 5.73 Å². The fraction of sp³-hybridized carbons (Fsp3) is 0.692. The summed E-state index contributed by atoms with van der Waals surface area (Å²) in [5.41, 5.74) is 5.95. The lowest BCUT2D eigenvalue weighted by atomic mass is 10.1. The predicted octanol–water partition coefficient (Wildman–Crippen LogP) is 3.94. The Bertz CT molecular complexity index is 332. The zero-order chi connectivity index (χ0) is 13.0. The SMILES string of the molecule is CCCC(C)N(C)C(CN)c1cc(Br)c(C)s1. The lowest BCUT2D eigenvalue weighted by Gasteiger charge is -2.31. The van der Waals surface area contributed by atoms with Crippen LogP contribution in [-0.2, 0) is 0 Å². The van der Waals surface area contributed by atoms with Crippen LogP contribution in [0.1, 0.15) is 42.5 Å². The smallest absolute Gasteiger partial charge is 0.0564 e. The molecule has 0 fully saturated rings. The number of hydrogen-bond acceptors (Lipinski definition) is 3. The van der Waals surface area contributed by atoms with Crippen LogP contribution in [0.4, 0.5) is 0 Å². The Morgan fingerprint density at radius 2 is 2.18 bits per heavy atom. The highest BCUT2D eigenvalue weighted by molar-refractivity contribution is 9.10. The van der Waals surface area contributed by atoms with Crippen LogP contribution in [0.2, 0.25) is 0 Å². The molecule has 0 aromatic carbocycles. The van der Waals surface area contributed by atoms with Gasteiger partial charge >= 0.3 is 0 Å². The normalized spacial score (nSPS) is 15.2. The number of halogens is 1. The van der Waals surface area contributed by atoms with Crippen molar-refractivity contribution in [3.8, 4) is 0 Å². The van der Waals surface area contributed by atoms with E-state index in [1.165, 1.54) is 27.1 Å². The van der Waals surface area contributed by atoms with Gasteiger partial charge in [-0.05, 0) is 49.3 Å². The Balaban J connectivity index is 2.83. The van der Waals surface area contributed by atoms with Crippen LogP contribution in [0, 0.1) is 6.92 Å². The molecule has 0 bridgehead atoms. The molecule has 0 spiro atoms. The van der Waals surface area contributed by atoms with Gasteiger partial charge in [0.05, 0.1) is 6.04 Å². The van der Waals surface area contributed by atoms with Crippen LogP contribution in [0.15, 0.2) is 10.5 Å². The Labute approximate surface area is 117 Å². The van der Waals surface area contributed by atoms with Gasteiger partial charge < -0.3 is 5.73 Å². The van der Waals surface area contributed by atoms with E-state index in [-0.39, 0.29) is 0 Å². The Morgan fingerprint density at radius 1 is 1.53 bits per heavy atom. The fourth-order valence-electron chi connectivity index (χ4n) is 2.06. The second-order valence-corrected chi connectivity index (χ2v) is 6.75. The molecular weight excluding hydrogens is 296 g/mol. The van der Waals surface area contributed by atoms with Gasteiger partial charge in [0.1, 0.15) is 0 Å². The standard InChI is InChI=1S/C13H23BrN2S/c1-5-6-9(2)16(4)12(8-15)13-7-11(14)10(3)17-13/h7,9,12H,5-6,8,15H2,1-4H3. The zero-order valence-electron chi connectivity index (χ0n) is 11.2. The molecule has 0 saturated heterocycles. The summed E-state index contributed by atoms with van der Waals surface area (Å²) in [5, 5.41) is 0. The molecular formula is C13H23BrN2S. The van der Waals surface area contributed by atoms with Gasteiger partial charge in [0.25, 0.3) is 0 Å². The van der Waals surface area contributed by atoms with Crippen molar-refractivity contribution in [2.45, 2.75) is 45.7 Å². The van der Waals surface area contributed by atoms with E-state index in [1.54, 1.807) is 0 Å². The van der Waals surface area contributed by atoms with E-state index >= 15 is 0 Å². The molecule has 2 N–H and O–H groups in total. The van der Waals surface area contributed by atoms with Crippen LogP contribution >= 0.6 is 27.3 Å². The third-order valence-electron chi connectivity index (χ3n) is 3.32. The first-order chi connectivity index (χ1) is 8.01. The maximum Gasteiger partial charge on any atom is 0.0564 e. The largest absolute Gasteiger partial charge is 0.329 e. The van der Waals surface area contributed by atoms with E-state index in [4.69, 9.17) is 5.73 Å². The van der Waals surface area contributed by atoms with Gasteiger partial charge in [-0.3, -0.25) is 4.90 Å². The maximum absolute atomic E-state index is 5.95. The third kappa shape index (κ3) is 3.78. The molecule has 0 radical (unpaired) electrons. The number of rotatable bonds is 6. The average Bonchev–Trinajstić information content (AvgIpc) is 2.60. The number of nitrogens with two attached hydrogens (primary N) is 1. The van der Waals surface area contributed by atoms with Crippen LogP contribution in [0.5, 0.6) is 0 Å². The van der Waals surface area contributed by atoms with Gasteiger partial charge in [-0.15, -0.1) is 11.3 Å². The maximum atomic E-state index is 5.95. The van der Waals surface area contributed by atoms with E-state index in [1.807, 2.05) is 11.3 Å². The molecule has 2 unspecified atom stereocenters. The minimum atomic E-state index is 0.339. The Hall–Kier alpha value is 0.1000. The van der Waals surface area contributed by atoms with E-state index in [0.717, 1.165) is 0 Å². The van der Waals surface area contributed by atoms with Crippen molar-refractivity contribution in [1.82, 2.24) is 4.90 Å². The minimum Gasteiger partial charge on any atom is -0.329 e. The first-order valence-corrected chi connectivity index (χ1v) is 7.80. The van der Waals surface area contributed by atoms with Gasteiger partial charge in [-0.25, -0.2) is 0 Å². The molecule has 4 heteroatoms. The quantitative estimate of drug-likeness (QED) is 0.860. The Kier molecular flexibility index (Phi) is 6.13. The molecule has 1 aromatic rings. The van der Waals surface area contributed by atoms with E-state index < -0.39 is 0 Å². The summed E-state index contributed by atoms with van der Waals surface area (Å²) < 4.78 is 1.20. The van der Waals surface area contributed by atoms with Gasteiger partial charge in [-0.2, -0.15) is 0 Å². The van der Waals surface area contributed by atoms with Crippen LogP contribution in [0.3, 0.4) is 0 Å². The number of thiophene rings is 1. The molecule has 0 aliphatic carbocycles. The van der Waals surface area contributed by atoms with Crippen molar-refractivity contribution in [2.75, 3.05) is 13.6 Å². The molecule has 1 heterocycles. The van der Waals surface area contributed by atoms with E-state index in [2.05, 4.69) is 54.7 Å². The van der Waals surface area contributed by atoms with E-state index in [0.29, 0.717) is 18.6 Å². The zero-order valence-corrected chi connectivity index (χ0v) is 13.6. The van der Waals surface area contributed by atoms with Crippen molar-refractivity contribution in [3.63, 3.8) is 0 Å². The summed E-state index contributed by atoms with van der Waals surface area (Å²) in [6.07, 6.45) is 2.44. The number of aryl methyl sites for hydroxylation is 1. The van der Waals surface area contributed by atoms with Crippen LogP contribution in [-0.4, -0.2) is 24.5 Å². The average molecular weight is 319 g/mol. The molecule has 0 aliphatic heterocycles. The lowest BCUT2D eigenvalue weighted by molar-refractivity contribution is 0.182. The highest BCUT2D eigenvalue weighted by atomic mass is 79.9. The van der Waals surface area contributed by atoms with Gasteiger partial charge in [-0.1, -0.05) is 13.3 Å². The number of nitrogens with zero attached hydrogens (tertiary/aromatic N) is 1. The minimum absolute atomic E-state index is 0.339. The summed E-state index contributed by atoms with van der Waals surface area (Å²) in [6.45, 7) is 7.33. The molecule has 0 amide bonds. The number of likely N-dealkylation sites (N-methyl/N-ethyl adjacent to an activating group) is 1. The third-order valence-corrected chi connectivity index (χ3v) is 5.56. The van der Waals surface area contributed by atoms with Crippen molar-refractivity contribution in [3.05, 3.63) is 20.3 Å². The topological polar surface area (TPSA) is 29.3 Å². The molecule has 17 heavy (non-hydrogen) atoms. The fourth-order valence-corrected chi connectivity index (χ4v) is 3.78. The molecule has 98 valence electrons. The van der Waals surface area contributed by atoms with Crippen LogP contribution < -0.4 is 5.73 Å². The highest BCUT2D eigenvalue weighted by Gasteiger charge is 2.21. The van der Waals surface area contributed by atoms with Crippen molar-refractivity contribution < 1.29 is 0 Å². The van der Waals surface area contributed by atoms with Crippen molar-refractivity contribution >= 4 is 27.3 Å². The molecule has 1 aromatic heterocycles. The molecule has 0 saturated carbocycles. The van der Waals surface area contributed by atoms with E-state index in [9.17, 15) is 0 Å². The first kappa shape index (κ1) is 15.2. The summed E-state index contributed by atoms with van der Waals surface area (Å²) in [7, 11) is 2.18. The summed E-state index contributed by atoms with van der Waals surface area (Å²) >= 11 is 5.42. The summed E-state index contributed by atoms with van der Waals surface area (Å²) in [4.78, 5) is 5.10. The summed E-state index contributed by atoms with van der Waals surface area (Å²) in [6, 6.07) is 3.13. The first-order valence-electron chi connectivity index (χ1n) is 6.19. The lowest BCUT2D eigenvalue weighted by Crippen LogP contribution is -2.36. The van der Waals surface area contributed by atoms with Crippen LogP contribution in [0.25, 0.3) is 0 Å². The molecule has 2 nitrogen and oxygen atoms in total. The van der Waals surface area contributed by atoms with Gasteiger partial charge in [0, 0.05) is 26.8 Å².